The maximum atomic E-state index is 12.8. The van der Waals surface area contributed by atoms with Crippen LogP contribution < -0.4 is 5.11 Å². The first-order valence-electron chi connectivity index (χ1n) is 23.1. The molecule has 0 aromatic carbocycles. The van der Waals surface area contributed by atoms with E-state index < -0.39 is 24.3 Å². The highest BCUT2D eigenvalue weighted by Crippen LogP contribution is 2.12. The summed E-state index contributed by atoms with van der Waals surface area (Å²) in [5, 5.41) is 11.7. The molecule has 2 atom stereocenters. The number of carbonyl (C=O) groups excluding carboxylic acids is 3. The van der Waals surface area contributed by atoms with Crippen LogP contribution in [-0.4, -0.2) is 82.3 Å². The van der Waals surface area contributed by atoms with E-state index in [-0.39, 0.29) is 38.6 Å². The summed E-state index contributed by atoms with van der Waals surface area (Å²) >= 11 is 0. The summed E-state index contributed by atoms with van der Waals surface area (Å²) in [5.74, 6) is -2.35. The molecule has 0 rings (SSSR count). The van der Waals surface area contributed by atoms with Gasteiger partial charge in [0.1, 0.15) is 13.2 Å². The summed E-state index contributed by atoms with van der Waals surface area (Å²) in [6.07, 6.45) is 47.9. The Bertz CT molecular complexity index is 1200. The maximum Gasteiger partial charge on any atom is 0.306 e. The lowest BCUT2D eigenvalue weighted by Crippen LogP contribution is -2.44. The summed E-state index contributed by atoms with van der Waals surface area (Å²) in [4.78, 5) is 37.0. The molecular weight excluding hydrogens is 743 g/mol. The molecule has 59 heavy (non-hydrogen) atoms. The van der Waals surface area contributed by atoms with Crippen LogP contribution in [0.25, 0.3) is 0 Å². The molecule has 2 unspecified atom stereocenters. The van der Waals surface area contributed by atoms with Crippen molar-refractivity contribution in [3.05, 3.63) is 72.9 Å². The van der Waals surface area contributed by atoms with Gasteiger partial charge >= 0.3 is 11.9 Å². The topological polar surface area (TPSA) is 111 Å². The van der Waals surface area contributed by atoms with Gasteiger partial charge in [0.05, 0.1) is 40.3 Å². The molecular formula is C50H85NO8. The van der Waals surface area contributed by atoms with Crippen molar-refractivity contribution in [1.82, 2.24) is 0 Å². The van der Waals surface area contributed by atoms with Crippen LogP contribution in [0.2, 0.25) is 0 Å². The summed E-state index contributed by atoms with van der Waals surface area (Å²) in [5.41, 5.74) is 0. The van der Waals surface area contributed by atoms with Crippen LogP contribution in [0.15, 0.2) is 72.9 Å². The molecule has 0 aliphatic rings. The number of nitrogens with zero attached hydrogens (tertiary/aromatic N) is 1. The van der Waals surface area contributed by atoms with Crippen LogP contribution >= 0.6 is 0 Å². The van der Waals surface area contributed by atoms with E-state index in [0.717, 1.165) is 89.9 Å². The molecule has 0 aromatic heterocycles. The molecule has 0 amide bonds. The first-order chi connectivity index (χ1) is 28.6. The normalized spacial score (nSPS) is 13.6. The molecule has 0 spiro atoms. The zero-order valence-corrected chi connectivity index (χ0v) is 38.1. The highest BCUT2D eigenvalue weighted by Gasteiger charge is 2.21. The highest BCUT2D eigenvalue weighted by atomic mass is 16.7. The van der Waals surface area contributed by atoms with Gasteiger partial charge in [-0.25, -0.2) is 0 Å². The predicted octanol–water partition coefficient (Wildman–Crippen LogP) is 11.0. The lowest BCUT2D eigenvalue weighted by atomic mass is 10.1. The SMILES string of the molecule is CC/C=C\C/C=C\C/C=C\C/C=C\C/C=C\CCCCCC(=O)OC(COC(=O)CCCCCCC/C=C\CCCCCCCC)COC(OCC[N+](C)(C)C)C(=O)[O-]. The molecule has 0 N–H and O–H groups in total. The molecule has 0 aliphatic carbocycles. The fourth-order valence-corrected chi connectivity index (χ4v) is 5.85. The number of quaternary nitrogens is 1. The first kappa shape index (κ1) is 55.7. The number of hydrogen-bond acceptors (Lipinski definition) is 8. The molecule has 0 saturated heterocycles. The lowest BCUT2D eigenvalue weighted by molar-refractivity contribution is -0.870. The van der Waals surface area contributed by atoms with E-state index in [2.05, 4.69) is 86.8 Å². The highest BCUT2D eigenvalue weighted by molar-refractivity contribution is 5.70. The number of allylic oxidation sites excluding steroid dienone is 12. The molecule has 9 nitrogen and oxygen atoms in total. The minimum Gasteiger partial charge on any atom is -0.545 e. The summed E-state index contributed by atoms with van der Waals surface area (Å²) in [6.45, 7) is 4.55. The Hall–Kier alpha value is -3.27. The molecule has 0 saturated carbocycles. The smallest absolute Gasteiger partial charge is 0.306 e. The molecule has 0 aromatic rings. The summed E-state index contributed by atoms with van der Waals surface area (Å²) in [7, 11) is 5.89. The molecule has 0 heterocycles. The third-order valence-electron chi connectivity index (χ3n) is 9.44. The van der Waals surface area contributed by atoms with Gasteiger partial charge in [0, 0.05) is 12.8 Å². The number of carboxylic acid groups (broad SMARTS) is 1. The minimum absolute atomic E-state index is 0.136. The van der Waals surface area contributed by atoms with Gasteiger partial charge in [-0.15, -0.1) is 0 Å². The second kappa shape index (κ2) is 41.5. The van der Waals surface area contributed by atoms with Gasteiger partial charge < -0.3 is 33.3 Å². The van der Waals surface area contributed by atoms with Gasteiger partial charge in [-0.2, -0.15) is 0 Å². The number of carbonyl (C=O) groups is 3. The minimum atomic E-state index is -1.63. The van der Waals surface area contributed by atoms with Crippen molar-refractivity contribution in [2.24, 2.45) is 0 Å². The fourth-order valence-electron chi connectivity index (χ4n) is 5.85. The Kier molecular flexibility index (Phi) is 39.2. The molecule has 0 aliphatic heterocycles. The summed E-state index contributed by atoms with van der Waals surface area (Å²) < 4.78 is 22.5. The van der Waals surface area contributed by atoms with E-state index in [1.807, 2.05) is 21.1 Å². The van der Waals surface area contributed by atoms with Gasteiger partial charge in [0.15, 0.2) is 12.4 Å². The van der Waals surface area contributed by atoms with Crippen LogP contribution in [0.5, 0.6) is 0 Å². The molecule has 338 valence electrons. The Morgan fingerprint density at radius 1 is 0.525 bits per heavy atom. The van der Waals surface area contributed by atoms with Crippen molar-refractivity contribution in [1.29, 1.82) is 0 Å². The molecule has 0 radical (unpaired) electrons. The third-order valence-corrected chi connectivity index (χ3v) is 9.44. The largest absolute Gasteiger partial charge is 0.545 e. The number of ether oxygens (including phenoxy) is 4. The van der Waals surface area contributed by atoms with Crippen LogP contribution in [-0.2, 0) is 33.3 Å². The second-order valence-corrected chi connectivity index (χ2v) is 16.3. The second-order valence-electron chi connectivity index (χ2n) is 16.3. The Morgan fingerprint density at radius 3 is 1.47 bits per heavy atom. The zero-order chi connectivity index (χ0) is 43.5. The van der Waals surface area contributed by atoms with Crippen molar-refractivity contribution < 1.29 is 42.9 Å². The van der Waals surface area contributed by atoms with Crippen LogP contribution in [0.3, 0.4) is 0 Å². The molecule has 0 bridgehead atoms. The van der Waals surface area contributed by atoms with Gasteiger partial charge in [-0.05, 0) is 83.5 Å². The van der Waals surface area contributed by atoms with E-state index in [4.69, 9.17) is 18.9 Å². The number of aliphatic carboxylic acids is 1. The van der Waals surface area contributed by atoms with Crippen LogP contribution in [0.4, 0.5) is 0 Å². The van der Waals surface area contributed by atoms with Crippen molar-refractivity contribution >= 4 is 17.9 Å². The zero-order valence-electron chi connectivity index (χ0n) is 38.1. The van der Waals surface area contributed by atoms with E-state index >= 15 is 0 Å². The number of rotatable bonds is 41. The molecule has 0 fully saturated rings. The number of esters is 2. The Labute approximate surface area is 360 Å². The van der Waals surface area contributed by atoms with E-state index in [1.165, 1.54) is 44.9 Å². The van der Waals surface area contributed by atoms with E-state index in [9.17, 15) is 19.5 Å². The van der Waals surface area contributed by atoms with Crippen molar-refractivity contribution in [2.45, 2.75) is 180 Å². The van der Waals surface area contributed by atoms with E-state index in [0.29, 0.717) is 17.4 Å². The molecule has 9 heteroatoms. The Balaban J connectivity index is 4.52. The van der Waals surface area contributed by atoms with Gasteiger partial charge in [0.2, 0.25) is 0 Å². The quantitative estimate of drug-likeness (QED) is 0.0197. The number of unbranched alkanes of at least 4 members (excludes halogenated alkanes) is 14. The predicted molar refractivity (Wildman–Crippen MR) is 241 cm³/mol. The number of carboxylic acids is 1. The average Bonchev–Trinajstić information content (AvgIpc) is 3.19. The number of likely N-dealkylation sites (N-methyl/N-ethyl adjacent to an activating group) is 1. The first-order valence-corrected chi connectivity index (χ1v) is 23.1. The van der Waals surface area contributed by atoms with Gasteiger partial charge in [-0.1, -0.05) is 145 Å². The number of hydrogen-bond donors (Lipinski definition) is 0. The standard InChI is InChI=1S/C50H85NO8/c1-6-8-10-12-14-16-18-20-22-23-24-25-27-29-31-33-35-37-39-41-48(53)59-46(45-58-50(49(54)55)56-43-42-51(3,4)5)44-57-47(52)40-38-36-34-32-30-28-26-21-19-17-15-13-11-9-7-2/h8,10,14,16,20-22,24-26,29,31,46,50H,6-7,9,11-13,15,17-19,23,27-28,30,32-45H2,1-5H3/b10-8-,16-14-,22-20-,25-24-,26-21-,31-29-. The maximum absolute atomic E-state index is 12.8. The van der Waals surface area contributed by atoms with Gasteiger partial charge in [-0.3, -0.25) is 9.59 Å². The fraction of sp³-hybridized carbons (Fsp3) is 0.700. The van der Waals surface area contributed by atoms with Crippen molar-refractivity contribution in [2.75, 3.05) is 47.5 Å². The monoisotopic (exact) mass is 828 g/mol. The van der Waals surface area contributed by atoms with Crippen LogP contribution in [0.1, 0.15) is 168 Å². The Morgan fingerprint density at radius 2 is 0.966 bits per heavy atom. The van der Waals surface area contributed by atoms with Gasteiger partial charge in [0.25, 0.3) is 0 Å². The summed E-state index contributed by atoms with van der Waals surface area (Å²) in [6, 6.07) is 0. The van der Waals surface area contributed by atoms with Crippen LogP contribution in [0, 0.1) is 0 Å². The van der Waals surface area contributed by atoms with Crippen molar-refractivity contribution in [3.63, 3.8) is 0 Å². The lowest BCUT2D eigenvalue weighted by Gasteiger charge is -2.26. The average molecular weight is 828 g/mol. The van der Waals surface area contributed by atoms with Crippen molar-refractivity contribution in [3.8, 4) is 0 Å². The third kappa shape index (κ3) is 42.7. The van der Waals surface area contributed by atoms with E-state index in [1.54, 1.807) is 0 Å².